The molecule has 0 amide bonds. The van der Waals surface area contributed by atoms with Crippen LogP contribution in [0.5, 0.6) is 0 Å². The van der Waals surface area contributed by atoms with Crippen LogP contribution in [0.4, 0.5) is 0 Å². The molecule has 0 saturated carbocycles. The van der Waals surface area contributed by atoms with Crippen molar-refractivity contribution >= 4 is 5.97 Å². The van der Waals surface area contributed by atoms with Crippen molar-refractivity contribution in [2.75, 3.05) is 6.54 Å². The Bertz CT molecular complexity index is 311. The molecule has 0 radical (unpaired) electrons. The minimum Gasteiger partial charge on any atom is -0.370 e. The van der Waals surface area contributed by atoms with Crippen LogP contribution < -0.4 is 5.48 Å². The zero-order valence-electron chi connectivity index (χ0n) is 10.4. The standard InChI is InChI=1S/C14H21NO2/c1-2-3-4-8-11-15-17-14(16)12-13-9-6-5-7-10-13/h5-7,9-10,15H,2-4,8,11-12H2,1H3. The predicted octanol–water partition coefficient (Wildman–Crippen LogP) is 2.86. The summed E-state index contributed by atoms with van der Waals surface area (Å²) < 4.78 is 0. The van der Waals surface area contributed by atoms with Gasteiger partial charge in [-0.2, -0.15) is 5.48 Å². The lowest BCUT2D eigenvalue weighted by Crippen LogP contribution is -2.22. The van der Waals surface area contributed by atoms with Crippen LogP contribution in [0, 0.1) is 0 Å². The van der Waals surface area contributed by atoms with E-state index in [0.717, 1.165) is 18.5 Å². The van der Waals surface area contributed by atoms with Crippen LogP contribution in [0.3, 0.4) is 0 Å². The number of nitrogens with one attached hydrogen (secondary N) is 1. The number of hydrogen-bond acceptors (Lipinski definition) is 3. The predicted molar refractivity (Wildman–Crippen MR) is 68.4 cm³/mol. The van der Waals surface area contributed by atoms with Crippen molar-refractivity contribution in [3.05, 3.63) is 35.9 Å². The van der Waals surface area contributed by atoms with Gasteiger partial charge in [0, 0.05) is 6.54 Å². The summed E-state index contributed by atoms with van der Waals surface area (Å²) in [5, 5.41) is 0. The Morgan fingerprint density at radius 1 is 1.18 bits per heavy atom. The summed E-state index contributed by atoms with van der Waals surface area (Å²) in [6.45, 7) is 2.91. The molecule has 0 aromatic heterocycles. The molecule has 0 bridgehead atoms. The van der Waals surface area contributed by atoms with Crippen molar-refractivity contribution in [2.45, 2.75) is 39.0 Å². The summed E-state index contributed by atoms with van der Waals surface area (Å²) in [6.07, 6.45) is 5.00. The lowest BCUT2D eigenvalue weighted by Gasteiger charge is -2.05. The third-order valence-corrected chi connectivity index (χ3v) is 2.51. The summed E-state index contributed by atoms with van der Waals surface area (Å²) in [5.41, 5.74) is 3.69. The van der Waals surface area contributed by atoms with Crippen LogP contribution in [0.15, 0.2) is 30.3 Å². The van der Waals surface area contributed by atoms with Gasteiger partial charge < -0.3 is 4.84 Å². The highest BCUT2D eigenvalue weighted by atomic mass is 16.7. The number of unbranched alkanes of at least 4 members (excludes halogenated alkanes) is 3. The maximum atomic E-state index is 11.4. The number of benzene rings is 1. The molecule has 0 saturated heterocycles. The van der Waals surface area contributed by atoms with E-state index in [1.807, 2.05) is 30.3 Å². The molecule has 0 fully saturated rings. The number of carbonyl (C=O) groups is 1. The van der Waals surface area contributed by atoms with Gasteiger partial charge in [-0.1, -0.05) is 56.5 Å². The van der Waals surface area contributed by atoms with Crippen LogP contribution in [-0.2, 0) is 16.1 Å². The van der Waals surface area contributed by atoms with Gasteiger partial charge in [0.25, 0.3) is 0 Å². The third kappa shape index (κ3) is 6.74. The fourth-order valence-electron chi connectivity index (χ4n) is 1.55. The summed E-state index contributed by atoms with van der Waals surface area (Å²) >= 11 is 0. The van der Waals surface area contributed by atoms with Crippen molar-refractivity contribution in [3.8, 4) is 0 Å². The van der Waals surface area contributed by atoms with Crippen LogP contribution in [0.25, 0.3) is 0 Å². The Balaban J connectivity index is 2.06. The summed E-state index contributed by atoms with van der Waals surface area (Å²) in [6, 6.07) is 9.60. The van der Waals surface area contributed by atoms with Crippen molar-refractivity contribution in [2.24, 2.45) is 0 Å². The molecule has 94 valence electrons. The first-order chi connectivity index (χ1) is 8.33. The Hall–Kier alpha value is -1.35. The van der Waals surface area contributed by atoms with Gasteiger partial charge >= 0.3 is 5.97 Å². The number of hydrogen-bond donors (Lipinski definition) is 1. The van der Waals surface area contributed by atoms with Gasteiger partial charge in [-0.15, -0.1) is 0 Å². The van der Waals surface area contributed by atoms with Gasteiger partial charge in [0.1, 0.15) is 0 Å². The Kier molecular flexibility index (Phi) is 7.07. The highest BCUT2D eigenvalue weighted by Crippen LogP contribution is 2.00. The van der Waals surface area contributed by atoms with E-state index in [-0.39, 0.29) is 5.97 Å². The average molecular weight is 235 g/mol. The van der Waals surface area contributed by atoms with Crippen LogP contribution in [0.2, 0.25) is 0 Å². The Labute approximate surface area is 103 Å². The van der Waals surface area contributed by atoms with Crippen LogP contribution in [0.1, 0.15) is 38.2 Å². The molecular formula is C14H21NO2. The highest BCUT2D eigenvalue weighted by Gasteiger charge is 2.03. The smallest absolute Gasteiger partial charge is 0.329 e. The van der Waals surface area contributed by atoms with E-state index in [4.69, 9.17) is 4.84 Å². The maximum Gasteiger partial charge on any atom is 0.329 e. The molecule has 0 aliphatic heterocycles. The number of rotatable bonds is 8. The van der Waals surface area contributed by atoms with E-state index < -0.39 is 0 Å². The molecule has 1 aromatic rings. The lowest BCUT2D eigenvalue weighted by molar-refractivity contribution is -0.150. The van der Waals surface area contributed by atoms with Crippen molar-refractivity contribution in [1.82, 2.24) is 5.48 Å². The first-order valence-corrected chi connectivity index (χ1v) is 6.29. The quantitative estimate of drug-likeness (QED) is 0.556. The normalized spacial score (nSPS) is 10.2. The topological polar surface area (TPSA) is 38.3 Å². The Morgan fingerprint density at radius 3 is 2.65 bits per heavy atom. The molecule has 0 spiro atoms. The number of carbonyl (C=O) groups excluding carboxylic acids is 1. The molecular weight excluding hydrogens is 214 g/mol. The largest absolute Gasteiger partial charge is 0.370 e. The summed E-state index contributed by atoms with van der Waals surface area (Å²) in [7, 11) is 0. The third-order valence-electron chi connectivity index (χ3n) is 2.51. The second-order valence-electron chi connectivity index (χ2n) is 4.09. The highest BCUT2D eigenvalue weighted by molar-refractivity contribution is 5.72. The van der Waals surface area contributed by atoms with Crippen LogP contribution in [-0.4, -0.2) is 12.5 Å². The van der Waals surface area contributed by atoms with E-state index in [2.05, 4.69) is 12.4 Å². The number of hydroxylamine groups is 1. The zero-order valence-corrected chi connectivity index (χ0v) is 10.4. The van der Waals surface area contributed by atoms with E-state index >= 15 is 0 Å². The van der Waals surface area contributed by atoms with Crippen molar-refractivity contribution < 1.29 is 9.63 Å². The molecule has 3 nitrogen and oxygen atoms in total. The van der Waals surface area contributed by atoms with Crippen LogP contribution >= 0.6 is 0 Å². The average Bonchev–Trinajstić information content (AvgIpc) is 2.35. The molecule has 1 rings (SSSR count). The van der Waals surface area contributed by atoms with Gasteiger partial charge in [0.15, 0.2) is 0 Å². The first-order valence-electron chi connectivity index (χ1n) is 6.29. The van der Waals surface area contributed by atoms with E-state index in [9.17, 15) is 4.79 Å². The fourth-order valence-corrected chi connectivity index (χ4v) is 1.55. The molecule has 1 aromatic carbocycles. The second kappa shape index (κ2) is 8.76. The summed E-state index contributed by atoms with van der Waals surface area (Å²) in [4.78, 5) is 16.4. The minimum absolute atomic E-state index is 0.230. The maximum absolute atomic E-state index is 11.4. The SMILES string of the molecule is CCCCCCNOC(=O)Cc1ccccc1. The molecule has 17 heavy (non-hydrogen) atoms. The van der Waals surface area contributed by atoms with Gasteiger partial charge in [-0.3, -0.25) is 4.79 Å². The second-order valence-corrected chi connectivity index (χ2v) is 4.09. The molecule has 3 heteroatoms. The van der Waals surface area contributed by atoms with Gasteiger partial charge in [0.2, 0.25) is 0 Å². The van der Waals surface area contributed by atoms with Crippen molar-refractivity contribution in [3.63, 3.8) is 0 Å². The monoisotopic (exact) mass is 235 g/mol. The molecule has 0 aliphatic carbocycles. The lowest BCUT2D eigenvalue weighted by atomic mass is 10.2. The molecule has 0 atom stereocenters. The minimum atomic E-state index is -0.230. The van der Waals surface area contributed by atoms with E-state index in [0.29, 0.717) is 6.42 Å². The fraction of sp³-hybridized carbons (Fsp3) is 0.500. The van der Waals surface area contributed by atoms with E-state index in [1.165, 1.54) is 19.3 Å². The molecule has 0 aliphatic rings. The summed E-state index contributed by atoms with van der Waals surface area (Å²) in [5.74, 6) is -0.230. The zero-order chi connectivity index (χ0) is 12.3. The Morgan fingerprint density at radius 2 is 1.94 bits per heavy atom. The van der Waals surface area contributed by atoms with Crippen molar-refractivity contribution in [1.29, 1.82) is 0 Å². The molecule has 1 N–H and O–H groups in total. The molecule has 0 heterocycles. The van der Waals surface area contributed by atoms with Gasteiger partial charge in [-0.25, -0.2) is 0 Å². The molecule has 0 unspecified atom stereocenters. The van der Waals surface area contributed by atoms with Gasteiger partial charge in [-0.05, 0) is 12.0 Å². The first kappa shape index (κ1) is 13.7. The van der Waals surface area contributed by atoms with Gasteiger partial charge in [0.05, 0.1) is 6.42 Å². The van der Waals surface area contributed by atoms with E-state index in [1.54, 1.807) is 0 Å².